The van der Waals surface area contributed by atoms with Crippen molar-refractivity contribution in [3.05, 3.63) is 52.6 Å². The van der Waals surface area contributed by atoms with E-state index in [1.54, 1.807) is 43.6 Å². The molecule has 0 spiro atoms. The molecule has 1 aromatic carbocycles. The minimum atomic E-state index is -0.455. The van der Waals surface area contributed by atoms with Crippen LogP contribution in [-0.4, -0.2) is 16.7 Å². The van der Waals surface area contributed by atoms with Gasteiger partial charge in [-0.3, -0.25) is 4.57 Å². The van der Waals surface area contributed by atoms with Crippen LogP contribution in [0.5, 0.6) is 5.75 Å². The number of hydrogen-bond acceptors (Lipinski definition) is 5. The summed E-state index contributed by atoms with van der Waals surface area (Å²) < 4.78 is 11.9. The van der Waals surface area contributed by atoms with Crippen LogP contribution in [0.4, 0.5) is 5.69 Å². The highest BCUT2D eigenvalue weighted by molar-refractivity contribution is 5.67. The van der Waals surface area contributed by atoms with Gasteiger partial charge >= 0.3 is 5.76 Å². The Hall–Kier alpha value is -2.76. The molecule has 2 heterocycles. The molecule has 20 heavy (non-hydrogen) atoms. The van der Waals surface area contributed by atoms with Crippen molar-refractivity contribution in [2.75, 3.05) is 12.8 Å². The first-order valence-electron chi connectivity index (χ1n) is 6.06. The number of methoxy groups -OCH3 is 1. The van der Waals surface area contributed by atoms with Gasteiger partial charge in [-0.1, -0.05) is 0 Å². The summed E-state index contributed by atoms with van der Waals surface area (Å²) in [5.74, 6) is 0.208. The van der Waals surface area contributed by atoms with Crippen LogP contribution in [-0.2, 0) is 6.54 Å². The van der Waals surface area contributed by atoms with Gasteiger partial charge in [0.05, 0.1) is 13.7 Å². The molecule has 0 amide bonds. The molecule has 6 heteroatoms. The number of fused-ring (bicyclic) bond motifs is 1. The average Bonchev–Trinajstić information content (AvgIpc) is 2.76. The van der Waals surface area contributed by atoms with Gasteiger partial charge in [0.15, 0.2) is 11.2 Å². The topological polar surface area (TPSA) is 83.3 Å². The normalized spacial score (nSPS) is 10.8. The van der Waals surface area contributed by atoms with Crippen LogP contribution in [0.1, 0.15) is 5.56 Å². The van der Waals surface area contributed by atoms with E-state index in [9.17, 15) is 4.79 Å². The van der Waals surface area contributed by atoms with Gasteiger partial charge in [-0.25, -0.2) is 9.78 Å². The highest BCUT2D eigenvalue weighted by Gasteiger charge is 2.12. The van der Waals surface area contributed by atoms with Gasteiger partial charge in [0.25, 0.3) is 0 Å². The van der Waals surface area contributed by atoms with Crippen LogP contribution >= 0.6 is 0 Å². The van der Waals surface area contributed by atoms with Crippen molar-refractivity contribution in [1.82, 2.24) is 9.55 Å². The zero-order valence-corrected chi connectivity index (χ0v) is 10.9. The van der Waals surface area contributed by atoms with E-state index >= 15 is 0 Å². The molecule has 3 aromatic rings. The predicted molar refractivity (Wildman–Crippen MR) is 74.8 cm³/mol. The maximum absolute atomic E-state index is 11.9. The summed E-state index contributed by atoms with van der Waals surface area (Å²) in [6.07, 6.45) is 1.62. The van der Waals surface area contributed by atoms with Gasteiger partial charge in [0.2, 0.25) is 0 Å². The molecule has 0 radical (unpaired) electrons. The Balaban J connectivity index is 2.12. The van der Waals surface area contributed by atoms with E-state index in [1.807, 2.05) is 0 Å². The first kappa shape index (κ1) is 12.3. The summed E-state index contributed by atoms with van der Waals surface area (Å²) in [7, 11) is 1.57. The monoisotopic (exact) mass is 271 g/mol. The minimum absolute atomic E-state index is 0.289. The molecule has 0 aliphatic carbocycles. The first-order valence-corrected chi connectivity index (χ1v) is 6.06. The number of benzene rings is 1. The Labute approximate surface area is 114 Å². The molecule has 2 N–H and O–H groups in total. The number of ether oxygens (including phenoxy) is 1. The summed E-state index contributed by atoms with van der Waals surface area (Å²) in [6.45, 7) is 0.289. The number of anilines is 1. The van der Waals surface area contributed by atoms with Gasteiger partial charge in [-0.05, 0) is 30.3 Å². The quantitative estimate of drug-likeness (QED) is 0.732. The molecule has 0 saturated heterocycles. The molecule has 0 fully saturated rings. The van der Waals surface area contributed by atoms with E-state index in [-0.39, 0.29) is 6.54 Å². The number of nitrogens with zero attached hydrogens (tertiary/aromatic N) is 2. The molecule has 3 rings (SSSR count). The van der Waals surface area contributed by atoms with E-state index in [0.29, 0.717) is 22.7 Å². The lowest BCUT2D eigenvalue weighted by molar-refractivity contribution is 0.407. The third-order valence-electron chi connectivity index (χ3n) is 3.06. The SMILES string of the molecule is COc1ccc(N)cc1Cn1c(=O)oc2cccnc21. The van der Waals surface area contributed by atoms with E-state index in [0.717, 1.165) is 5.56 Å². The molecular weight excluding hydrogens is 258 g/mol. The third kappa shape index (κ3) is 2.01. The van der Waals surface area contributed by atoms with Crippen LogP contribution in [0.15, 0.2) is 45.7 Å². The maximum Gasteiger partial charge on any atom is 0.421 e. The van der Waals surface area contributed by atoms with Crippen molar-refractivity contribution in [2.24, 2.45) is 0 Å². The van der Waals surface area contributed by atoms with Gasteiger partial charge in [0.1, 0.15) is 5.75 Å². The second-order valence-corrected chi connectivity index (χ2v) is 4.35. The number of rotatable bonds is 3. The third-order valence-corrected chi connectivity index (χ3v) is 3.06. The number of oxazole rings is 1. The Morgan fingerprint density at radius 2 is 2.25 bits per heavy atom. The van der Waals surface area contributed by atoms with Gasteiger partial charge in [-0.15, -0.1) is 0 Å². The van der Waals surface area contributed by atoms with E-state index < -0.39 is 5.76 Å². The molecule has 2 aromatic heterocycles. The van der Waals surface area contributed by atoms with Crippen molar-refractivity contribution in [3.63, 3.8) is 0 Å². The van der Waals surface area contributed by atoms with Gasteiger partial charge < -0.3 is 14.9 Å². The zero-order valence-electron chi connectivity index (χ0n) is 10.9. The largest absolute Gasteiger partial charge is 0.496 e. The van der Waals surface area contributed by atoms with Crippen LogP contribution in [0.3, 0.4) is 0 Å². The van der Waals surface area contributed by atoms with E-state index in [4.69, 9.17) is 14.9 Å². The number of pyridine rings is 1. The van der Waals surface area contributed by atoms with Crippen LogP contribution < -0.4 is 16.2 Å². The minimum Gasteiger partial charge on any atom is -0.496 e. The summed E-state index contributed by atoms with van der Waals surface area (Å²) in [4.78, 5) is 16.1. The summed E-state index contributed by atoms with van der Waals surface area (Å²) >= 11 is 0. The summed E-state index contributed by atoms with van der Waals surface area (Å²) in [6, 6.07) is 8.71. The zero-order chi connectivity index (χ0) is 14.1. The number of aromatic nitrogens is 2. The van der Waals surface area contributed by atoms with E-state index in [2.05, 4.69) is 4.98 Å². The van der Waals surface area contributed by atoms with Crippen LogP contribution in [0, 0.1) is 0 Å². The Morgan fingerprint density at radius 1 is 1.40 bits per heavy atom. The lowest BCUT2D eigenvalue weighted by atomic mass is 10.1. The second kappa shape index (κ2) is 4.73. The Bertz CT molecular complexity index is 820. The molecule has 0 atom stereocenters. The molecule has 0 unspecified atom stereocenters. The number of nitrogen functional groups attached to an aromatic ring is 1. The lowest BCUT2D eigenvalue weighted by Gasteiger charge is -2.09. The molecule has 0 saturated carbocycles. The van der Waals surface area contributed by atoms with Crippen molar-refractivity contribution in [2.45, 2.75) is 6.54 Å². The average molecular weight is 271 g/mol. The van der Waals surface area contributed by atoms with E-state index in [1.165, 1.54) is 4.57 Å². The molecule has 0 bridgehead atoms. The highest BCUT2D eigenvalue weighted by Crippen LogP contribution is 2.22. The standard InChI is InChI=1S/C14H13N3O3/c1-19-11-5-4-10(15)7-9(11)8-17-13-12(20-14(17)18)3-2-6-16-13/h2-7H,8,15H2,1H3. The molecule has 0 aliphatic heterocycles. The Morgan fingerprint density at radius 3 is 3.05 bits per heavy atom. The molecular formula is C14H13N3O3. The van der Waals surface area contributed by atoms with Gasteiger partial charge in [0, 0.05) is 17.4 Å². The van der Waals surface area contributed by atoms with Crippen LogP contribution in [0.2, 0.25) is 0 Å². The predicted octanol–water partition coefficient (Wildman–Crippen LogP) is 1.63. The number of nitrogens with two attached hydrogens (primary N) is 1. The fraction of sp³-hybridized carbons (Fsp3) is 0.143. The fourth-order valence-electron chi connectivity index (χ4n) is 2.13. The van der Waals surface area contributed by atoms with Gasteiger partial charge in [-0.2, -0.15) is 0 Å². The molecule has 6 nitrogen and oxygen atoms in total. The second-order valence-electron chi connectivity index (χ2n) is 4.35. The van der Waals surface area contributed by atoms with Crippen molar-refractivity contribution >= 4 is 16.9 Å². The van der Waals surface area contributed by atoms with Crippen molar-refractivity contribution < 1.29 is 9.15 Å². The fourth-order valence-corrected chi connectivity index (χ4v) is 2.13. The summed E-state index contributed by atoms with van der Waals surface area (Å²) in [5.41, 5.74) is 8.14. The smallest absolute Gasteiger partial charge is 0.421 e. The highest BCUT2D eigenvalue weighted by atomic mass is 16.5. The van der Waals surface area contributed by atoms with Crippen molar-refractivity contribution in [1.29, 1.82) is 0 Å². The Kier molecular flexibility index (Phi) is 2.90. The van der Waals surface area contributed by atoms with Crippen LogP contribution in [0.25, 0.3) is 11.2 Å². The molecule has 102 valence electrons. The summed E-state index contributed by atoms with van der Waals surface area (Å²) in [5, 5.41) is 0. The first-order chi connectivity index (χ1) is 9.69. The maximum atomic E-state index is 11.9. The lowest BCUT2D eigenvalue weighted by Crippen LogP contribution is -2.16. The number of hydrogen-bond donors (Lipinski definition) is 1. The molecule has 0 aliphatic rings. The van der Waals surface area contributed by atoms with Crippen molar-refractivity contribution in [3.8, 4) is 5.75 Å².